The fourth-order valence-corrected chi connectivity index (χ4v) is 3.53. The van der Waals surface area contributed by atoms with Crippen molar-refractivity contribution in [2.45, 2.75) is 59.8 Å². The topological polar surface area (TPSA) is 40.9 Å². The first-order chi connectivity index (χ1) is 13.5. The van der Waals surface area contributed by atoms with Gasteiger partial charge in [0, 0.05) is 12.0 Å². The van der Waals surface area contributed by atoms with E-state index in [0.29, 0.717) is 22.3 Å². The first-order valence-electron chi connectivity index (χ1n) is 10.2. The van der Waals surface area contributed by atoms with Crippen LogP contribution in [0.3, 0.4) is 0 Å². The number of aryl methyl sites for hydroxylation is 1. The van der Waals surface area contributed by atoms with E-state index < -0.39 is 0 Å². The van der Waals surface area contributed by atoms with Gasteiger partial charge in [0.25, 0.3) is 0 Å². The average molecular weight is 398 g/mol. The maximum absolute atomic E-state index is 12.0. The van der Waals surface area contributed by atoms with Crippen molar-refractivity contribution in [2.24, 2.45) is 11.8 Å². The van der Waals surface area contributed by atoms with Gasteiger partial charge in [0.2, 0.25) is 0 Å². The molecule has 2 aromatic carbocycles. The summed E-state index contributed by atoms with van der Waals surface area (Å²) in [6.07, 6.45) is 5.82. The molecule has 1 aliphatic carbocycles. The van der Waals surface area contributed by atoms with Crippen molar-refractivity contribution in [3.05, 3.63) is 70.2 Å². The lowest BCUT2D eigenvalue weighted by Gasteiger charge is -2.25. The molecule has 0 N–H and O–H groups in total. The highest BCUT2D eigenvalue weighted by Gasteiger charge is 2.20. The highest BCUT2D eigenvalue weighted by Crippen LogP contribution is 2.31. The second-order valence-corrected chi connectivity index (χ2v) is 7.62. The molecule has 0 heterocycles. The lowest BCUT2D eigenvalue weighted by molar-refractivity contribution is 0.0944. The zero-order valence-electron chi connectivity index (χ0n) is 17.5. The van der Waals surface area contributed by atoms with E-state index >= 15 is 0 Å². The number of nitriles is 1. The lowest BCUT2D eigenvalue weighted by Crippen LogP contribution is -2.16. The first-order valence-corrected chi connectivity index (χ1v) is 10.6. The van der Waals surface area contributed by atoms with Gasteiger partial charge in [-0.1, -0.05) is 81.6 Å². The molecule has 1 saturated carbocycles. The van der Waals surface area contributed by atoms with E-state index in [2.05, 4.69) is 6.92 Å². The molecule has 2 aromatic rings. The van der Waals surface area contributed by atoms with E-state index in [1.54, 1.807) is 12.1 Å². The standard InChI is InChI=1S/C15H20O.C8H6ClN.C2H6/c1-12-7-9-13(10-8-12)11-15(16)14-5-3-2-4-6-14;1-6-2-3-7(5-10)8(9)4-6;1-2/h2-6,12-13H,7-11H2,1H3;2-4H,1H3;1-2H3. The summed E-state index contributed by atoms with van der Waals surface area (Å²) >= 11 is 5.71. The first kappa shape index (κ1) is 23.9. The number of nitrogens with zero attached hydrogens (tertiary/aromatic N) is 1. The number of Topliss-reactive ketones (excluding diaryl/α,β-unsaturated/α-hetero) is 1. The zero-order valence-corrected chi connectivity index (χ0v) is 18.3. The maximum Gasteiger partial charge on any atom is 0.163 e. The molecular weight excluding hydrogens is 366 g/mol. The van der Waals surface area contributed by atoms with Crippen molar-refractivity contribution in [3.63, 3.8) is 0 Å². The van der Waals surface area contributed by atoms with Crippen LogP contribution in [0.1, 0.15) is 74.4 Å². The molecule has 0 spiro atoms. The highest BCUT2D eigenvalue weighted by atomic mass is 35.5. The number of benzene rings is 2. The Balaban J connectivity index is 0.000000281. The fraction of sp³-hybridized carbons (Fsp3) is 0.440. The molecule has 0 aliphatic heterocycles. The molecule has 3 rings (SSSR count). The highest BCUT2D eigenvalue weighted by molar-refractivity contribution is 6.31. The average Bonchev–Trinajstić information content (AvgIpc) is 2.72. The number of rotatable bonds is 3. The molecule has 0 unspecified atom stereocenters. The van der Waals surface area contributed by atoms with Crippen LogP contribution in [0.2, 0.25) is 5.02 Å². The van der Waals surface area contributed by atoms with Gasteiger partial charge in [-0.15, -0.1) is 0 Å². The van der Waals surface area contributed by atoms with Crippen LogP contribution in [0.15, 0.2) is 48.5 Å². The molecule has 1 fully saturated rings. The van der Waals surface area contributed by atoms with E-state index in [1.807, 2.05) is 63.2 Å². The molecule has 1 aliphatic rings. The van der Waals surface area contributed by atoms with Gasteiger partial charge >= 0.3 is 0 Å². The van der Waals surface area contributed by atoms with Crippen LogP contribution in [-0.2, 0) is 0 Å². The van der Waals surface area contributed by atoms with Gasteiger partial charge in [-0.05, 0) is 49.3 Å². The Hall–Kier alpha value is -2.11. The number of hydrogen-bond donors (Lipinski definition) is 0. The van der Waals surface area contributed by atoms with E-state index in [9.17, 15) is 4.79 Å². The van der Waals surface area contributed by atoms with Crippen LogP contribution in [-0.4, -0.2) is 5.78 Å². The Kier molecular flexibility index (Phi) is 11.2. The van der Waals surface area contributed by atoms with Crippen LogP contribution in [0.25, 0.3) is 0 Å². The minimum Gasteiger partial charge on any atom is -0.294 e. The molecule has 0 atom stereocenters. The summed E-state index contributed by atoms with van der Waals surface area (Å²) in [6, 6.07) is 17.0. The Labute approximate surface area is 175 Å². The van der Waals surface area contributed by atoms with Gasteiger partial charge in [-0.3, -0.25) is 4.79 Å². The number of carbonyl (C=O) groups is 1. The normalized spacial score (nSPS) is 17.9. The van der Waals surface area contributed by atoms with Crippen LogP contribution in [0.4, 0.5) is 0 Å². The summed E-state index contributed by atoms with van der Waals surface area (Å²) in [5.74, 6) is 1.81. The number of hydrogen-bond acceptors (Lipinski definition) is 2. The summed E-state index contributed by atoms with van der Waals surface area (Å²) in [4.78, 5) is 12.0. The minimum atomic E-state index is 0.320. The van der Waals surface area contributed by atoms with Gasteiger partial charge in [-0.25, -0.2) is 0 Å². The third-order valence-corrected chi connectivity index (χ3v) is 5.26. The number of carbonyl (C=O) groups excluding carboxylic acids is 1. The molecule has 150 valence electrons. The Morgan fingerprint density at radius 1 is 1.07 bits per heavy atom. The predicted molar refractivity (Wildman–Crippen MR) is 119 cm³/mol. The van der Waals surface area contributed by atoms with Crippen LogP contribution in [0.5, 0.6) is 0 Å². The summed E-state index contributed by atoms with van der Waals surface area (Å²) in [5, 5.41) is 9.00. The fourth-order valence-electron chi connectivity index (χ4n) is 3.25. The number of halogens is 1. The van der Waals surface area contributed by atoms with Gasteiger partial charge in [0.15, 0.2) is 5.78 Å². The monoisotopic (exact) mass is 397 g/mol. The maximum atomic E-state index is 12.0. The van der Waals surface area contributed by atoms with Gasteiger partial charge in [-0.2, -0.15) is 5.26 Å². The molecule has 3 heteroatoms. The molecule has 28 heavy (non-hydrogen) atoms. The van der Waals surface area contributed by atoms with Crippen molar-refractivity contribution in [1.29, 1.82) is 5.26 Å². The van der Waals surface area contributed by atoms with Gasteiger partial charge in [0.05, 0.1) is 10.6 Å². The predicted octanol–water partition coefficient (Wildman–Crippen LogP) is 7.63. The van der Waals surface area contributed by atoms with E-state index in [-0.39, 0.29) is 0 Å². The smallest absolute Gasteiger partial charge is 0.163 e. The Morgan fingerprint density at radius 3 is 2.21 bits per heavy atom. The van der Waals surface area contributed by atoms with Crippen molar-refractivity contribution in [3.8, 4) is 6.07 Å². The molecule has 0 amide bonds. The van der Waals surface area contributed by atoms with Crippen LogP contribution >= 0.6 is 11.6 Å². The molecule has 0 bridgehead atoms. The van der Waals surface area contributed by atoms with Crippen molar-refractivity contribution in [2.75, 3.05) is 0 Å². The molecule has 2 nitrogen and oxygen atoms in total. The minimum absolute atomic E-state index is 0.320. The van der Waals surface area contributed by atoms with Crippen LogP contribution in [0, 0.1) is 30.1 Å². The summed E-state index contributed by atoms with van der Waals surface area (Å²) in [6.45, 7) is 8.25. The van der Waals surface area contributed by atoms with Crippen molar-refractivity contribution < 1.29 is 4.79 Å². The SMILES string of the molecule is CC.CC1CCC(CC(=O)c2ccccc2)CC1.Cc1ccc(C#N)c(Cl)c1. The van der Waals surface area contributed by atoms with Crippen molar-refractivity contribution in [1.82, 2.24) is 0 Å². The largest absolute Gasteiger partial charge is 0.294 e. The second-order valence-electron chi connectivity index (χ2n) is 7.21. The third-order valence-electron chi connectivity index (χ3n) is 4.95. The quantitative estimate of drug-likeness (QED) is 0.499. The summed E-state index contributed by atoms with van der Waals surface area (Å²) in [5.41, 5.74) is 2.48. The molecule has 0 radical (unpaired) electrons. The van der Waals surface area contributed by atoms with E-state index in [4.69, 9.17) is 16.9 Å². The zero-order chi connectivity index (χ0) is 20.9. The summed E-state index contributed by atoms with van der Waals surface area (Å²) in [7, 11) is 0. The van der Waals surface area contributed by atoms with Crippen molar-refractivity contribution >= 4 is 17.4 Å². The Bertz CT molecular complexity index is 756. The second kappa shape index (κ2) is 13.1. The third kappa shape index (κ3) is 8.28. The molecule has 0 aromatic heterocycles. The van der Waals surface area contributed by atoms with Gasteiger partial charge < -0.3 is 0 Å². The van der Waals surface area contributed by atoms with E-state index in [0.717, 1.165) is 23.5 Å². The van der Waals surface area contributed by atoms with Crippen LogP contribution < -0.4 is 0 Å². The van der Waals surface area contributed by atoms with E-state index in [1.165, 1.54) is 25.7 Å². The summed E-state index contributed by atoms with van der Waals surface area (Å²) < 4.78 is 0. The lowest BCUT2D eigenvalue weighted by atomic mass is 9.80. The molecule has 0 saturated heterocycles. The molecular formula is C25H32ClNO. The van der Waals surface area contributed by atoms with Gasteiger partial charge in [0.1, 0.15) is 6.07 Å². The number of ketones is 1. The Morgan fingerprint density at radius 2 is 1.68 bits per heavy atom.